The van der Waals surface area contributed by atoms with Crippen molar-refractivity contribution in [1.82, 2.24) is 9.97 Å². The molecule has 0 atom stereocenters. The highest BCUT2D eigenvalue weighted by molar-refractivity contribution is 5.79. The first-order chi connectivity index (χ1) is 8.86. The number of H-pyrrole nitrogens is 1. The predicted octanol–water partition coefficient (Wildman–Crippen LogP) is 3.30. The van der Waals surface area contributed by atoms with E-state index in [-0.39, 0.29) is 0 Å². The number of benzene rings is 1. The summed E-state index contributed by atoms with van der Waals surface area (Å²) in [5.74, 6) is 0. The summed E-state index contributed by atoms with van der Waals surface area (Å²) in [6, 6.07) is 18.2. The van der Waals surface area contributed by atoms with Crippen LogP contribution in [-0.2, 0) is 6.42 Å². The molecule has 18 heavy (non-hydrogen) atoms. The molecule has 86 valence electrons. The molecule has 3 heteroatoms. The van der Waals surface area contributed by atoms with Gasteiger partial charge in [0.1, 0.15) is 5.65 Å². The van der Waals surface area contributed by atoms with E-state index in [1.54, 1.807) is 0 Å². The third kappa shape index (κ3) is 1.85. The number of hydrogen-bond donors (Lipinski definition) is 1. The zero-order valence-electron chi connectivity index (χ0n) is 9.72. The average Bonchev–Trinajstić information content (AvgIpc) is 2.81. The van der Waals surface area contributed by atoms with Gasteiger partial charge in [-0.15, -0.1) is 0 Å². The lowest BCUT2D eigenvalue weighted by Gasteiger charge is -1.99. The van der Waals surface area contributed by atoms with E-state index in [2.05, 4.69) is 16.0 Å². The molecular formula is C15H11N3. The van der Waals surface area contributed by atoms with Crippen LogP contribution in [0.15, 0.2) is 48.5 Å². The summed E-state index contributed by atoms with van der Waals surface area (Å²) in [4.78, 5) is 7.76. The van der Waals surface area contributed by atoms with E-state index >= 15 is 0 Å². The summed E-state index contributed by atoms with van der Waals surface area (Å²) in [6.07, 6.45) is 0.386. The summed E-state index contributed by atoms with van der Waals surface area (Å²) < 4.78 is 0. The van der Waals surface area contributed by atoms with Gasteiger partial charge in [0, 0.05) is 16.6 Å². The van der Waals surface area contributed by atoms with Gasteiger partial charge in [-0.05, 0) is 18.2 Å². The van der Waals surface area contributed by atoms with Gasteiger partial charge >= 0.3 is 0 Å². The van der Waals surface area contributed by atoms with Crippen LogP contribution in [-0.4, -0.2) is 9.97 Å². The minimum Gasteiger partial charge on any atom is -0.342 e. The number of nitrogens with zero attached hydrogens (tertiary/aromatic N) is 2. The third-order valence-corrected chi connectivity index (χ3v) is 2.87. The lowest BCUT2D eigenvalue weighted by molar-refractivity contribution is 1.16. The molecule has 0 spiro atoms. The van der Waals surface area contributed by atoms with Gasteiger partial charge in [0.25, 0.3) is 0 Å². The smallest absolute Gasteiger partial charge is 0.138 e. The van der Waals surface area contributed by atoms with E-state index in [1.165, 1.54) is 0 Å². The number of rotatable bonds is 2. The molecule has 3 aromatic rings. The summed E-state index contributed by atoms with van der Waals surface area (Å²) in [7, 11) is 0. The van der Waals surface area contributed by atoms with Crippen LogP contribution < -0.4 is 0 Å². The standard InChI is InChI=1S/C15H11N3/c16-9-8-13-10-12-6-7-14(18-15(12)17-13)11-4-2-1-3-5-11/h1-7,10H,8H2,(H,17,18). The fourth-order valence-electron chi connectivity index (χ4n) is 2.01. The summed E-state index contributed by atoms with van der Waals surface area (Å²) in [6.45, 7) is 0. The van der Waals surface area contributed by atoms with Crippen molar-refractivity contribution in [1.29, 1.82) is 5.26 Å². The number of hydrogen-bond acceptors (Lipinski definition) is 2. The van der Waals surface area contributed by atoms with Crippen LogP contribution in [0.5, 0.6) is 0 Å². The first kappa shape index (κ1) is 10.5. The van der Waals surface area contributed by atoms with Gasteiger partial charge in [-0.2, -0.15) is 5.26 Å². The second-order valence-electron chi connectivity index (χ2n) is 4.13. The maximum Gasteiger partial charge on any atom is 0.138 e. The van der Waals surface area contributed by atoms with Gasteiger partial charge in [0.05, 0.1) is 18.2 Å². The van der Waals surface area contributed by atoms with Crippen LogP contribution in [0, 0.1) is 11.3 Å². The van der Waals surface area contributed by atoms with E-state index in [9.17, 15) is 0 Å². The van der Waals surface area contributed by atoms with Crippen LogP contribution in [0.2, 0.25) is 0 Å². The van der Waals surface area contributed by atoms with Crippen LogP contribution in [0.1, 0.15) is 5.69 Å². The lowest BCUT2D eigenvalue weighted by Crippen LogP contribution is -1.84. The molecule has 2 aromatic heterocycles. The molecule has 1 N–H and O–H groups in total. The molecule has 0 bridgehead atoms. The Hall–Kier alpha value is -2.60. The third-order valence-electron chi connectivity index (χ3n) is 2.87. The lowest BCUT2D eigenvalue weighted by atomic mass is 10.1. The Kier molecular flexibility index (Phi) is 2.54. The highest BCUT2D eigenvalue weighted by Crippen LogP contribution is 2.21. The normalized spacial score (nSPS) is 10.4. The molecule has 0 amide bonds. The second-order valence-corrected chi connectivity index (χ2v) is 4.13. The molecule has 3 rings (SSSR count). The fourth-order valence-corrected chi connectivity index (χ4v) is 2.01. The van der Waals surface area contributed by atoms with E-state index < -0.39 is 0 Å². The van der Waals surface area contributed by atoms with Crippen molar-refractivity contribution >= 4 is 11.0 Å². The Balaban J connectivity index is 2.09. The van der Waals surface area contributed by atoms with Crippen LogP contribution in [0.3, 0.4) is 0 Å². The Bertz CT molecular complexity index is 720. The summed E-state index contributed by atoms with van der Waals surface area (Å²) in [5, 5.41) is 9.73. The highest BCUT2D eigenvalue weighted by Gasteiger charge is 2.04. The van der Waals surface area contributed by atoms with Crippen molar-refractivity contribution < 1.29 is 0 Å². The van der Waals surface area contributed by atoms with E-state index in [0.717, 1.165) is 28.0 Å². The zero-order valence-corrected chi connectivity index (χ0v) is 9.72. The van der Waals surface area contributed by atoms with Crippen molar-refractivity contribution in [3.8, 4) is 17.3 Å². The van der Waals surface area contributed by atoms with Gasteiger partial charge < -0.3 is 4.98 Å². The minimum absolute atomic E-state index is 0.386. The number of aromatic nitrogens is 2. The average molecular weight is 233 g/mol. The molecule has 0 radical (unpaired) electrons. The van der Waals surface area contributed by atoms with Gasteiger partial charge in [0.15, 0.2) is 0 Å². The van der Waals surface area contributed by atoms with Gasteiger partial charge in [-0.1, -0.05) is 30.3 Å². The molecule has 0 fully saturated rings. The molecular weight excluding hydrogens is 222 g/mol. The Labute approximate surface area is 105 Å². The zero-order chi connectivity index (χ0) is 12.4. The molecule has 0 aliphatic carbocycles. The SMILES string of the molecule is N#CCc1cc2ccc(-c3ccccc3)nc2[nH]1. The molecule has 0 aliphatic rings. The number of nitrogens with one attached hydrogen (secondary N) is 1. The molecule has 0 aliphatic heterocycles. The quantitative estimate of drug-likeness (QED) is 0.738. The largest absolute Gasteiger partial charge is 0.342 e. The van der Waals surface area contributed by atoms with Crippen molar-refractivity contribution in [2.45, 2.75) is 6.42 Å². The molecule has 0 saturated carbocycles. The fraction of sp³-hybridized carbons (Fsp3) is 0.0667. The predicted molar refractivity (Wildman–Crippen MR) is 70.8 cm³/mol. The topological polar surface area (TPSA) is 52.5 Å². The first-order valence-electron chi connectivity index (χ1n) is 5.78. The number of fused-ring (bicyclic) bond motifs is 1. The number of pyridine rings is 1. The molecule has 2 heterocycles. The summed E-state index contributed by atoms with van der Waals surface area (Å²) >= 11 is 0. The van der Waals surface area contributed by atoms with E-state index in [1.807, 2.05) is 48.5 Å². The van der Waals surface area contributed by atoms with Gasteiger partial charge in [-0.25, -0.2) is 4.98 Å². The minimum atomic E-state index is 0.386. The van der Waals surface area contributed by atoms with Crippen LogP contribution >= 0.6 is 0 Å². The molecule has 3 nitrogen and oxygen atoms in total. The number of aromatic amines is 1. The van der Waals surface area contributed by atoms with Crippen molar-refractivity contribution in [3.63, 3.8) is 0 Å². The first-order valence-corrected chi connectivity index (χ1v) is 5.78. The van der Waals surface area contributed by atoms with Gasteiger partial charge in [-0.3, -0.25) is 0 Å². The molecule has 1 aromatic carbocycles. The van der Waals surface area contributed by atoms with Crippen molar-refractivity contribution in [3.05, 3.63) is 54.2 Å². The second kappa shape index (κ2) is 4.34. The van der Waals surface area contributed by atoms with Crippen molar-refractivity contribution in [2.75, 3.05) is 0 Å². The highest BCUT2D eigenvalue weighted by atomic mass is 14.9. The monoisotopic (exact) mass is 233 g/mol. The number of nitriles is 1. The Morgan fingerprint density at radius 3 is 2.72 bits per heavy atom. The summed E-state index contributed by atoms with van der Waals surface area (Å²) in [5.41, 5.74) is 3.77. The van der Waals surface area contributed by atoms with Crippen LogP contribution in [0.4, 0.5) is 0 Å². The van der Waals surface area contributed by atoms with Crippen molar-refractivity contribution in [2.24, 2.45) is 0 Å². The maximum atomic E-state index is 8.69. The van der Waals surface area contributed by atoms with E-state index in [4.69, 9.17) is 5.26 Å². The molecule has 0 unspecified atom stereocenters. The molecule has 0 saturated heterocycles. The Morgan fingerprint density at radius 2 is 1.94 bits per heavy atom. The van der Waals surface area contributed by atoms with Gasteiger partial charge in [0.2, 0.25) is 0 Å². The van der Waals surface area contributed by atoms with E-state index in [0.29, 0.717) is 6.42 Å². The van der Waals surface area contributed by atoms with Crippen LogP contribution in [0.25, 0.3) is 22.3 Å². The Morgan fingerprint density at radius 1 is 1.11 bits per heavy atom. The maximum absolute atomic E-state index is 8.69.